The number of aliphatic hydroxyl groups excluding tert-OH is 2. The molecule has 4 atom stereocenters. The lowest BCUT2D eigenvalue weighted by Crippen LogP contribution is -2.46. The summed E-state index contributed by atoms with van der Waals surface area (Å²) in [6, 6.07) is -1.00. The Hall–Kier alpha value is -1.32. The first-order chi connectivity index (χ1) is 27.3. The number of nitrogens with one attached hydrogen (secondary N) is 1. The van der Waals surface area contributed by atoms with E-state index in [9.17, 15) is 24.5 Å². The summed E-state index contributed by atoms with van der Waals surface area (Å²) in [7, 11) is -4.41. The fourth-order valence-electron chi connectivity index (χ4n) is 6.74. The molecule has 0 rings (SSSR count). The quantitative estimate of drug-likeness (QED) is 0.0232. The van der Waals surface area contributed by atoms with Crippen LogP contribution in [0, 0.1) is 0 Å². The minimum atomic E-state index is -4.41. The molecule has 0 saturated carbocycles. The molecule has 0 heterocycles. The average molecular weight is 813 g/mol. The molecule has 0 spiro atoms. The number of nitrogens with two attached hydrogens (primary N) is 1. The summed E-state index contributed by atoms with van der Waals surface area (Å²) < 4.78 is 22.1. The van der Waals surface area contributed by atoms with Gasteiger partial charge in [0.1, 0.15) is 0 Å². The fraction of sp³-hybridized carbons (Fsp3) is 0.848. The van der Waals surface area contributed by atoms with Crippen molar-refractivity contribution in [2.24, 2.45) is 5.73 Å². The first kappa shape index (κ1) is 54.7. The molecule has 0 aromatic heterocycles. The van der Waals surface area contributed by atoms with Crippen molar-refractivity contribution in [2.75, 3.05) is 19.8 Å². The molecule has 0 fully saturated rings. The van der Waals surface area contributed by atoms with Crippen LogP contribution in [0.1, 0.15) is 213 Å². The minimum Gasteiger partial charge on any atom is -0.393 e. The molecular weight excluding hydrogens is 723 g/mol. The highest BCUT2D eigenvalue weighted by atomic mass is 31.2. The summed E-state index contributed by atoms with van der Waals surface area (Å²) in [5, 5.41) is 24.0. The highest BCUT2D eigenvalue weighted by molar-refractivity contribution is 7.47. The van der Waals surface area contributed by atoms with Crippen molar-refractivity contribution in [1.29, 1.82) is 0 Å². The summed E-state index contributed by atoms with van der Waals surface area (Å²) >= 11 is 0. The first-order valence-electron chi connectivity index (χ1n) is 23.2. The maximum absolute atomic E-state index is 12.8. The summed E-state index contributed by atoms with van der Waals surface area (Å²) in [6.07, 6.45) is 46.7. The van der Waals surface area contributed by atoms with Crippen LogP contribution in [-0.2, 0) is 18.4 Å². The second kappa shape index (κ2) is 41.8. The molecule has 0 aromatic carbocycles. The summed E-state index contributed by atoms with van der Waals surface area (Å²) in [5.74, 6) is -0.459. The number of phosphoric ester groups is 1. The number of allylic oxidation sites excluding steroid dienone is 5. The molecule has 0 aliphatic carbocycles. The maximum Gasteiger partial charge on any atom is 0.472 e. The SMILES string of the molecule is CCCCCCCCCCCCC/C=C/CC/C=C/CC/C=C/C(O)C(COP(=O)(O)OCCN)NC(=O)CC(O)CCCCCCCCCCCCCCC. The van der Waals surface area contributed by atoms with Crippen LogP contribution in [0.3, 0.4) is 0 Å². The Kier molecular flexibility index (Phi) is 40.8. The van der Waals surface area contributed by atoms with Crippen LogP contribution < -0.4 is 11.1 Å². The van der Waals surface area contributed by atoms with E-state index in [-0.39, 0.29) is 19.6 Å². The molecule has 0 aliphatic heterocycles. The van der Waals surface area contributed by atoms with Gasteiger partial charge in [0.25, 0.3) is 0 Å². The van der Waals surface area contributed by atoms with Crippen LogP contribution in [-0.4, -0.2) is 59.0 Å². The second-order valence-electron chi connectivity index (χ2n) is 15.8. The minimum absolute atomic E-state index is 0.0429. The van der Waals surface area contributed by atoms with Crippen LogP contribution in [0.25, 0.3) is 0 Å². The van der Waals surface area contributed by atoms with E-state index in [2.05, 4.69) is 43.5 Å². The summed E-state index contributed by atoms with van der Waals surface area (Å²) in [4.78, 5) is 22.8. The van der Waals surface area contributed by atoms with Gasteiger partial charge in [0.15, 0.2) is 0 Å². The highest BCUT2D eigenvalue weighted by Gasteiger charge is 2.27. The van der Waals surface area contributed by atoms with Gasteiger partial charge in [0, 0.05) is 6.54 Å². The van der Waals surface area contributed by atoms with E-state index in [0.717, 1.165) is 44.9 Å². The fourth-order valence-corrected chi connectivity index (χ4v) is 7.50. The van der Waals surface area contributed by atoms with Gasteiger partial charge in [-0.3, -0.25) is 13.8 Å². The van der Waals surface area contributed by atoms with Crippen molar-refractivity contribution in [3.05, 3.63) is 36.5 Å². The largest absolute Gasteiger partial charge is 0.472 e. The number of aliphatic hydroxyl groups is 2. The van der Waals surface area contributed by atoms with Crippen LogP contribution in [0.15, 0.2) is 36.5 Å². The number of hydrogen-bond acceptors (Lipinski definition) is 7. The van der Waals surface area contributed by atoms with E-state index < -0.39 is 38.6 Å². The van der Waals surface area contributed by atoms with Crippen LogP contribution in [0.2, 0.25) is 0 Å². The zero-order valence-electron chi connectivity index (χ0n) is 36.2. The number of phosphoric acid groups is 1. The van der Waals surface area contributed by atoms with Gasteiger partial charge in [-0.2, -0.15) is 0 Å². The molecule has 9 nitrogen and oxygen atoms in total. The van der Waals surface area contributed by atoms with E-state index in [1.54, 1.807) is 6.08 Å². The normalized spacial score (nSPS) is 14.9. The third kappa shape index (κ3) is 39.5. The standard InChI is InChI=1S/C46H89N2O7P/c1-3-5-7-9-11-13-15-17-18-19-20-21-22-23-24-26-28-30-32-34-36-38-45(50)44(42-55-56(52,53)54-40-39-47)48-46(51)41-43(49)37-35-33-31-29-27-25-16-14-12-10-8-6-4-2/h22-23,28,30,36,38,43-45,49-50H,3-21,24-27,29,31-35,37,39-42,47H2,1-2H3,(H,48,51)(H,52,53)/b23-22+,30-28+,38-36+. The number of rotatable bonds is 43. The topological polar surface area (TPSA) is 151 Å². The lowest BCUT2D eigenvalue weighted by Gasteiger charge is -2.24. The van der Waals surface area contributed by atoms with Gasteiger partial charge in [-0.1, -0.05) is 198 Å². The molecule has 0 aromatic rings. The number of carbonyl (C=O) groups excluding carboxylic acids is 1. The van der Waals surface area contributed by atoms with Gasteiger partial charge < -0.3 is 26.2 Å². The Bertz CT molecular complexity index is 993. The van der Waals surface area contributed by atoms with Crippen molar-refractivity contribution in [2.45, 2.75) is 231 Å². The number of hydrogen-bond donors (Lipinski definition) is 5. The molecule has 0 radical (unpaired) electrons. The molecular formula is C46H89N2O7P. The zero-order chi connectivity index (χ0) is 41.2. The predicted octanol–water partition coefficient (Wildman–Crippen LogP) is 12.1. The predicted molar refractivity (Wildman–Crippen MR) is 237 cm³/mol. The van der Waals surface area contributed by atoms with Crippen molar-refractivity contribution < 1.29 is 33.5 Å². The van der Waals surface area contributed by atoms with Gasteiger partial charge in [-0.05, 0) is 44.9 Å². The molecule has 1 amide bonds. The smallest absolute Gasteiger partial charge is 0.393 e. The zero-order valence-corrected chi connectivity index (χ0v) is 37.1. The van der Waals surface area contributed by atoms with E-state index in [4.69, 9.17) is 14.8 Å². The van der Waals surface area contributed by atoms with Crippen LogP contribution in [0.5, 0.6) is 0 Å². The van der Waals surface area contributed by atoms with Crippen LogP contribution >= 0.6 is 7.82 Å². The molecule has 6 N–H and O–H groups in total. The average Bonchev–Trinajstić information content (AvgIpc) is 3.17. The maximum atomic E-state index is 12.8. The van der Waals surface area contributed by atoms with E-state index in [0.29, 0.717) is 12.8 Å². The molecule has 330 valence electrons. The van der Waals surface area contributed by atoms with Gasteiger partial charge >= 0.3 is 7.82 Å². The Morgan fingerprint density at radius 3 is 1.48 bits per heavy atom. The van der Waals surface area contributed by atoms with Crippen molar-refractivity contribution >= 4 is 13.7 Å². The van der Waals surface area contributed by atoms with Gasteiger partial charge in [-0.15, -0.1) is 0 Å². The first-order valence-corrected chi connectivity index (χ1v) is 24.7. The summed E-state index contributed by atoms with van der Waals surface area (Å²) in [5.41, 5.74) is 5.36. The van der Waals surface area contributed by atoms with Crippen molar-refractivity contribution in [3.63, 3.8) is 0 Å². The second-order valence-corrected chi connectivity index (χ2v) is 17.2. The van der Waals surface area contributed by atoms with E-state index >= 15 is 0 Å². The van der Waals surface area contributed by atoms with Crippen LogP contribution in [0.4, 0.5) is 0 Å². The number of unbranched alkanes of at least 4 members (excludes halogenated alkanes) is 25. The van der Waals surface area contributed by atoms with E-state index in [1.165, 1.54) is 135 Å². The molecule has 0 bridgehead atoms. The third-order valence-corrected chi connectivity index (χ3v) is 11.2. The molecule has 4 unspecified atom stereocenters. The number of amides is 1. The lowest BCUT2D eigenvalue weighted by atomic mass is 10.0. The Labute approximate surface area is 344 Å². The molecule has 0 aliphatic rings. The lowest BCUT2D eigenvalue weighted by molar-refractivity contribution is -0.124. The Morgan fingerprint density at radius 1 is 0.607 bits per heavy atom. The van der Waals surface area contributed by atoms with Gasteiger partial charge in [0.2, 0.25) is 5.91 Å². The van der Waals surface area contributed by atoms with Gasteiger partial charge in [-0.25, -0.2) is 4.57 Å². The Balaban J connectivity index is 4.35. The van der Waals surface area contributed by atoms with Gasteiger partial charge in [0.05, 0.1) is 37.9 Å². The molecule has 10 heteroatoms. The Morgan fingerprint density at radius 2 is 1.02 bits per heavy atom. The van der Waals surface area contributed by atoms with Crippen molar-refractivity contribution in [1.82, 2.24) is 5.32 Å². The van der Waals surface area contributed by atoms with E-state index in [1.807, 2.05) is 6.08 Å². The summed E-state index contributed by atoms with van der Waals surface area (Å²) in [6.45, 7) is 3.95. The highest BCUT2D eigenvalue weighted by Crippen LogP contribution is 2.43. The number of carbonyl (C=O) groups is 1. The van der Waals surface area contributed by atoms with Crippen molar-refractivity contribution in [3.8, 4) is 0 Å². The molecule has 0 saturated heterocycles. The third-order valence-electron chi connectivity index (χ3n) is 10.3. The molecule has 56 heavy (non-hydrogen) atoms. The monoisotopic (exact) mass is 813 g/mol.